The highest BCUT2D eigenvalue weighted by molar-refractivity contribution is 5.44. The molecule has 0 saturated heterocycles. The first-order valence-corrected chi connectivity index (χ1v) is 8.06. The quantitative estimate of drug-likeness (QED) is 0.315. The van der Waals surface area contributed by atoms with Crippen LogP contribution >= 0.6 is 0 Å². The number of aryl methyl sites for hydroxylation is 2. The van der Waals surface area contributed by atoms with E-state index in [9.17, 15) is 10.1 Å². The number of nitrogens with zero attached hydrogens (tertiary/aromatic N) is 9. The Hall–Kier alpha value is -4.22. The van der Waals surface area contributed by atoms with E-state index < -0.39 is 4.92 Å². The molecule has 12 nitrogen and oxygen atoms in total. The highest BCUT2D eigenvalue weighted by Crippen LogP contribution is 2.13. The largest absolute Gasteiger partial charge is 0.399 e. The molecule has 0 aliphatic heterocycles. The normalized spacial score (nSPS) is 10.2. The SMILES string of the molecule is Cc1nnn(-c2ccc(N)cc2)n1.Cc1nnn(-c2ccc([N+](=O)[O-])cc2)n1. The minimum Gasteiger partial charge on any atom is -0.399 e. The number of hydrogen-bond donors (Lipinski definition) is 1. The van der Waals surface area contributed by atoms with Crippen LogP contribution in [-0.2, 0) is 0 Å². The first-order chi connectivity index (χ1) is 13.4. The van der Waals surface area contributed by atoms with Gasteiger partial charge in [0, 0.05) is 17.8 Å². The van der Waals surface area contributed by atoms with Gasteiger partial charge in [-0.3, -0.25) is 10.1 Å². The van der Waals surface area contributed by atoms with Gasteiger partial charge in [0.15, 0.2) is 11.6 Å². The van der Waals surface area contributed by atoms with Gasteiger partial charge in [-0.05, 0) is 60.7 Å². The second kappa shape index (κ2) is 7.99. The molecule has 0 spiro atoms. The lowest BCUT2D eigenvalue weighted by atomic mass is 10.3. The maximum absolute atomic E-state index is 10.4. The van der Waals surface area contributed by atoms with Crippen LogP contribution in [0.5, 0.6) is 0 Å². The molecule has 4 rings (SSSR count). The summed E-state index contributed by atoms with van der Waals surface area (Å²) >= 11 is 0. The fraction of sp³-hybridized carbons (Fsp3) is 0.125. The number of tetrazole rings is 2. The van der Waals surface area contributed by atoms with Crippen LogP contribution in [-0.4, -0.2) is 45.3 Å². The fourth-order valence-electron chi connectivity index (χ4n) is 2.10. The Bertz CT molecular complexity index is 1070. The van der Waals surface area contributed by atoms with Crippen molar-refractivity contribution in [2.75, 3.05) is 5.73 Å². The summed E-state index contributed by atoms with van der Waals surface area (Å²) in [4.78, 5) is 12.7. The monoisotopic (exact) mass is 380 g/mol. The number of nitrogens with two attached hydrogens (primary N) is 1. The van der Waals surface area contributed by atoms with Crippen LogP contribution in [0.3, 0.4) is 0 Å². The van der Waals surface area contributed by atoms with Gasteiger partial charge in [0.25, 0.3) is 5.69 Å². The minimum atomic E-state index is -0.455. The van der Waals surface area contributed by atoms with Crippen LogP contribution in [0, 0.1) is 24.0 Å². The number of non-ortho nitro benzene ring substituents is 1. The van der Waals surface area contributed by atoms with E-state index in [1.807, 2.05) is 12.1 Å². The predicted molar refractivity (Wildman–Crippen MR) is 98.8 cm³/mol. The molecule has 0 unspecified atom stereocenters. The van der Waals surface area contributed by atoms with Gasteiger partial charge in [-0.2, -0.15) is 0 Å². The Balaban J connectivity index is 0.000000162. The second-order valence-corrected chi connectivity index (χ2v) is 5.62. The maximum atomic E-state index is 10.4. The summed E-state index contributed by atoms with van der Waals surface area (Å²) in [6.07, 6.45) is 0. The smallest absolute Gasteiger partial charge is 0.269 e. The zero-order chi connectivity index (χ0) is 20.1. The van der Waals surface area contributed by atoms with Crippen molar-refractivity contribution in [3.8, 4) is 11.4 Å². The molecule has 142 valence electrons. The summed E-state index contributed by atoms with van der Waals surface area (Å²) in [7, 11) is 0. The molecule has 0 fully saturated rings. The van der Waals surface area contributed by atoms with Crippen LogP contribution < -0.4 is 5.73 Å². The summed E-state index contributed by atoms with van der Waals surface area (Å²) < 4.78 is 0. The average Bonchev–Trinajstić information content (AvgIpc) is 3.31. The number of benzene rings is 2. The van der Waals surface area contributed by atoms with E-state index in [1.165, 1.54) is 21.7 Å². The zero-order valence-corrected chi connectivity index (χ0v) is 15.0. The molecule has 2 aromatic carbocycles. The summed E-state index contributed by atoms with van der Waals surface area (Å²) in [5.74, 6) is 1.20. The number of nitro benzene ring substituents is 1. The topological polar surface area (TPSA) is 156 Å². The Kier molecular flexibility index (Phi) is 5.30. The molecule has 0 atom stereocenters. The third-order valence-electron chi connectivity index (χ3n) is 3.44. The van der Waals surface area contributed by atoms with E-state index in [2.05, 4.69) is 30.8 Å². The Morgan fingerprint density at radius 3 is 1.61 bits per heavy atom. The summed E-state index contributed by atoms with van der Waals surface area (Å²) in [5.41, 5.74) is 7.80. The third kappa shape index (κ3) is 4.49. The summed E-state index contributed by atoms with van der Waals surface area (Å²) in [5, 5.41) is 33.5. The van der Waals surface area contributed by atoms with Crippen molar-refractivity contribution in [2.24, 2.45) is 0 Å². The van der Waals surface area contributed by atoms with Crippen LogP contribution in [0.15, 0.2) is 48.5 Å². The van der Waals surface area contributed by atoms with Crippen LogP contribution in [0.25, 0.3) is 11.4 Å². The number of hydrogen-bond acceptors (Lipinski definition) is 9. The third-order valence-corrected chi connectivity index (χ3v) is 3.44. The number of nitrogen functional groups attached to an aromatic ring is 1. The van der Waals surface area contributed by atoms with Crippen molar-refractivity contribution in [2.45, 2.75) is 13.8 Å². The van der Waals surface area contributed by atoms with Gasteiger partial charge < -0.3 is 5.73 Å². The Morgan fingerprint density at radius 1 is 0.821 bits per heavy atom. The molecule has 0 radical (unpaired) electrons. The van der Waals surface area contributed by atoms with Gasteiger partial charge >= 0.3 is 0 Å². The molecule has 12 heteroatoms. The van der Waals surface area contributed by atoms with E-state index >= 15 is 0 Å². The van der Waals surface area contributed by atoms with Crippen molar-refractivity contribution in [1.29, 1.82) is 0 Å². The van der Waals surface area contributed by atoms with E-state index in [-0.39, 0.29) is 5.69 Å². The Labute approximate surface area is 158 Å². The molecule has 2 aromatic heterocycles. The van der Waals surface area contributed by atoms with Crippen LogP contribution in [0.1, 0.15) is 11.6 Å². The highest BCUT2D eigenvalue weighted by atomic mass is 16.6. The maximum Gasteiger partial charge on any atom is 0.269 e. The van der Waals surface area contributed by atoms with Crippen molar-refractivity contribution in [3.63, 3.8) is 0 Å². The minimum absolute atomic E-state index is 0.0376. The summed E-state index contributed by atoms with van der Waals surface area (Å²) in [6.45, 7) is 3.51. The molecule has 4 aromatic rings. The molecular formula is C16H16N10O2. The lowest BCUT2D eigenvalue weighted by Crippen LogP contribution is -1.99. The standard InChI is InChI=1S/C8H7N5O2.C8H9N5/c1-6-9-11-12(10-6)7-2-4-8(5-3-7)13(14)15;1-6-10-12-13(11-6)8-4-2-7(9)3-5-8/h2-5H,1H3;2-5H,9H2,1H3. The number of nitro groups is 1. The molecule has 0 amide bonds. The fourth-order valence-corrected chi connectivity index (χ4v) is 2.10. The molecule has 0 saturated carbocycles. The molecule has 0 aliphatic rings. The van der Waals surface area contributed by atoms with Gasteiger partial charge in [0.05, 0.1) is 16.3 Å². The zero-order valence-electron chi connectivity index (χ0n) is 15.0. The average molecular weight is 380 g/mol. The molecule has 0 aliphatic carbocycles. The van der Waals surface area contributed by atoms with Crippen molar-refractivity contribution < 1.29 is 4.92 Å². The molecule has 0 bridgehead atoms. The van der Waals surface area contributed by atoms with Gasteiger partial charge in [-0.15, -0.1) is 30.0 Å². The molecule has 2 heterocycles. The van der Waals surface area contributed by atoms with Crippen molar-refractivity contribution in [3.05, 3.63) is 70.3 Å². The lowest BCUT2D eigenvalue weighted by molar-refractivity contribution is -0.384. The number of rotatable bonds is 3. The first-order valence-electron chi connectivity index (χ1n) is 8.06. The van der Waals surface area contributed by atoms with Gasteiger partial charge in [-0.25, -0.2) is 0 Å². The van der Waals surface area contributed by atoms with E-state index in [0.717, 1.165) is 11.4 Å². The Morgan fingerprint density at radius 2 is 1.25 bits per heavy atom. The van der Waals surface area contributed by atoms with Crippen molar-refractivity contribution in [1.82, 2.24) is 40.4 Å². The van der Waals surface area contributed by atoms with Gasteiger partial charge in [0.2, 0.25) is 0 Å². The number of anilines is 1. The second-order valence-electron chi connectivity index (χ2n) is 5.62. The number of aromatic nitrogens is 8. The van der Waals surface area contributed by atoms with E-state index in [1.54, 1.807) is 38.1 Å². The van der Waals surface area contributed by atoms with Crippen molar-refractivity contribution >= 4 is 11.4 Å². The highest BCUT2D eigenvalue weighted by Gasteiger charge is 2.06. The predicted octanol–water partition coefficient (Wildman–Crippen LogP) is 1.43. The van der Waals surface area contributed by atoms with Crippen LogP contribution in [0.2, 0.25) is 0 Å². The first kappa shape index (κ1) is 18.6. The molecule has 2 N–H and O–H groups in total. The summed E-state index contributed by atoms with van der Waals surface area (Å²) in [6, 6.07) is 13.2. The van der Waals surface area contributed by atoms with Gasteiger partial charge in [-0.1, -0.05) is 0 Å². The van der Waals surface area contributed by atoms with Gasteiger partial charge in [0.1, 0.15) is 0 Å². The van der Waals surface area contributed by atoms with Crippen LogP contribution in [0.4, 0.5) is 11.4 Å². The molecular weight excluding hydrogens is 364 g/mol. The lowest BCUT2D eigenvalue weighted by Gasteiger charge is -1.97. The molecule has 28 heavy (non-hydrogen) atoms. The van der Waals surface area contributed by atoms with E-state index in [4.69, 9.17) is 5.73 Å². The van der Waals surface area contributed by atoms with E-state index in [0.29, 0.717) is 17.3 Å².